The SMILES string of the molecule is CSc1ncc(C)c(OCC2CCN(c3ccncn3)CC2)n1. The van der Waals surface area contributed by atoms with Crippen LogP contribution in [0.25, 0.3) is 0 Å². The van der Waals surface area contributed by atoms with Gasteiger partial charge in [-0.25, -0.2) is 15.0 Å². The summed E-state index contributed by atoms with van der Waals surface area (Å²) in [6, 6.07) is 1.96. The van der Waals surface area contributed by atoms with Crippen LogP contribution >= 0.6 is 11.8 Å². The van der Waals surface area contributed by atoms with Crippen LogP contribution in [0.5, 0.6) is 5.88 Å². The number of nitrogens with zero attached hydrogens (tertiary/aromatic N) is 5. The molecule has 0 radical (unpaired) electrons. The van der Waals surface area contributed by atoms with Gasteiger partial charge >= 0.3 is 0 Å². The van der Waals surface area contributed by atoms with E-state index in [9.17, 15) is 0 Å². The first kappa shape index (κ1) is 16.0. The number of hydrogen-bond acceptors (Lipinski definition) is 7. The van der Waals surface area contributed by atoms with Gasteiger partial charge in [-0.1, -0.05) is 11.8 Å². The van der Waals surface area contributed by atoms with Gasteiger partial charge in [-0.3, -0.25) is 0 Å². The van der Waals surface area contributed by atoms with E-state index < -0.39 is 0 Å². The molecule has 0 aromatic carbocycles. The van der Waals surface area contributed by atoms with Crippen LogP contribution in [0.3, 0.4) is 0 Å². The molecule has 0 amide bonds. The zero-order chi connectivity index (χ0) is 16.1. The standard InChI is InChI=1S/C16H21N5OS/c1-12-9-18-16(23-2)20-15(12)22-10-13-4-7-21(8-5-13)14-3-6-17-11-19-14/h3,6,9,11,13H,4-5,7-8,10H2,1-2H3. The van der Waals surface area contributed by atoms with E-state index in [0.717, 1.165) is 42.5 Å². The molecule has 0 saturated carbocycles. The van der Waals surface area contributed by atoms with Crippen LogP contribution in [0.15, 0.2) is 29.9 Å². The third-order valence-corrected chi connectivity index (χ3v) is 4.61. The fourth-order valence-corrected chi connectivity index (χ4v) is 2.98. The molecular weight excluding hydrogens is 310 g/mol. The van der Waals surface area contributed by atoms with Gasteiger partial charge in [0.2, 0.25) is 5.88 Å². The molecule has 23 heavy (non-hydrogen) atoms. The van der Waals surface area contributed by atoms with Crippen molar-refractivity contribution in [3.63, 3.8) is 0 Å². The Balaban J connectivity index is 1.51. The van der Waals surface area contributed by atoms with Crippen molar-refractivity contribution >= 4 is 17.6 Å². The summed E-state index contributed by atoms with van der Waals surface area (Å²) >= 11 is 1.53. The molecule has 0 unspecified atom stereocenters. The molecule has 0 aliphatic carbocycles. The zero-order valence-corrected chi connectivity index (χ0v) is 14.3. The van der Waals surface area contributed by atoms with Gasteiger partial charge in [-0.15, -0.1) is 0 Å². The minimum Gasteiger partial charge on any atom is -0.477 e. The lowest BCUT2D eigenvalue weighted by molar-refractivity contribution is 0.213. The summed E-state index contributed by atoms with van der Waals surface area (Å²) in [7, 11) is 0. The molecule has 7 heteroatoms. The van der Waals surface area contributed by atoms with Crippen molar-refractivity contribution < 1.29 is 4.74 Å². The lowest BCUT2D eigenvalue weighted by Gasteiger charge is -2.32. The van der Waals surface area contributed by atoms with Gasteiger partial charge in [0, 0.05) is 31.0 Å². The molecule has 2 aromatic heterocycles. The van der Waals surface area contributed by atoms with E-state index >= 15 is 0 Å². The molecule has 0 N–H and O–H groups in total. The Kier molecular flexibility index (Phi) is 5.27. The summed E-state index contributed by atoms with van der Waals surface area (Å²) in [5.41, 5.74) is 0.987. The largest absolute Gasteiger partial charge is 0.477 e. The molecule has 1 aliphatic heterocycles. The normalized spacial score (nSPS) is 15.7. The summed E-state index contributed by atoms with van der Waals surface area (Å²) in [5.74, 6) is 2.28. The van der Waals surface area contributed by atoms with Crippen LogP contribution in [0.1, 0.15) is 18.4 Å². The number of hydrogen-bond donors (Lipinski definition) is 0. The highest BCUT2D eigenvalue weighted by Gasteiger charge is 2.21. The smallest absolute Gasteiger partial charge is 0.220 e. The summed E-state index contributed by atoms with van der Waals surface area (Å²) in [5, 5.41) is 0.754. The summed E-state index contributed by atoms with van der Waals surface area (Å²) in [6.45, 7) is 4.70. The van der Waals surface area contributed by atoms with Gasteiger partial charge in [0.05, 0.1) is 6.61 Å². The molecule has 0 spiro atoms. The average Bonchev–Trinajstić information content (AvgIpc) is 2.62. The van der Waals surface area contributed by atoms with E-state index in [-0.39, 0.29) is 0 Å². The Morgan fingerprint density at radius 1 is 1.30 bits per heavy atom. The van der Waals surface area contributed by atoms with Crippen LogP contribution in [0, 0.1) is 12.8 Å². The fraction of sp³-hybridized carbons (Fsp3) is 0.500. The van der Waals surface area contributed by atoms with Gasteiger partial charge in [0.15, 0.2) is 5.16 Å². The molecule has 6 nitrogen and oxygen atoms in total. The van der Waals surface area contributed by atoms with Crippen molar-refractivity contribution in [3.05, 3.63) is 30.4 Å². The molecule has 1 saturated heterocycles. The van der Waals surface area contributed by atoms with Crippen molar-refractivity contribution in [2.45, 2.75) is 24.9 Å². The number of piperidine rings is 1. The highest BCUT2D eigenvalue weighted by Crippen LogP contribution is 2.23. The number of ether oxygens (including phenoxy) is 1. The second-order valence-corrected chi connectivity index (χ2v) is 6.43. The first-order chi connectivity index (χ1) is 11.3. The topological polar surface area (TPSA) is 64.0 Å². The van der Waals surface area contributed by atoms with Gasteiger partial charge in [0.1, 0.15) is 12.1 Å². The molecule has 0 bridgehead atoms. The maximum Gasteiger partial charge on any atom is 0.220 e. The van der Waals surface area contributed by atoms with Crippen LogP contribution in [0.4, 0.5) is 5.82 Å². The highest BCUT2D eigenvalue weighted by molar-refractivity contribution is 7.98. The Morgan fingerprint density at radius 3 is 2.83 bits per heavy atom. The maximum absolute atomic E-state index is 5.95. The second-order valence-electron chi connectivity index (χ2n) is 5.65. The minimum atomic E-state index is 0.556. The first-order valence-electron chi connectivity index (χ1n) is 7.77. The van der Waals surface area contributed by atoms with E-state index in [1.807, 2.05) is 25.4 Å². The number of aryl methyl sites for hydroxylation is 1. The predicted octanol–water partition coefficient (Wildman–Crippen LogP) is 2.59. The summed E-state index contributed by atoms with van der Waals surface area (Å²) in [6.07, 6.45) is 9.39. The quantitative estimate of drug-likeness (QED) is 0.616. The lowest BCUT2D eigenvalue weighted by atomic mass is 9.98. The minimum absolute atomic E-state index is 0.556. The van der Waals surface area contributed by atoms with Crippen molar-refractivity contribution in [1.29, 1.82) is 0 Å². The Labute approximate surface area is 140 Å². The van der Waals surface area contributed by atoms with Crippen molar-refractivity contribution in [2.24, 2.45) is 5.92 Å². The van der Waals surface area contributed by atoms with Crippen molar-refractivity contribution in [2.75, 3.05) is 30.9 Å². The van der Waals surface area contributed by atoms with E-state index in [1.54, 1.807) is 12.5 Å². The zero-order valence-electron chi connectivity index (χ0n) is 13.5. The van der Waals surface area contributed by atoms with Crippen LogP contribution in [-0.4, -0.2) is 45.9 Å². The monoisotopic (exact) mass is 331 g/mol. The third kappa shape index (κ3) is 4.10. The van der Waals surface area contributed by atoms with Crippen LogP contribution in [-0.2, 0) is 0 Å². The van der Waals surface area contributed by atoms with E-state index in [2.05, 4.69) is 24.8 Å². The van der Waals surface area contributed by atoms with Gasteiger partial charge in [-0.05, 0) is 38.0 Å². The van der Waals surface area contributed by atoms with E-state index in [0.29, 0.717) is 18.4 Å². The molecular formula is C16H21N5OS. The number of aromatic nitrogens is 4. The summed E-state index contributed by atoms with van der Waals surface area (Å²) < 4.78 is 5.95. The van der Waals surface area contributed by atoms with Gasteiger partial charge in [-0.2, -0.15) is 4.98 Å². The number of anilines is 1. The molecule has 1 fully saturated rings. The number of thioether (sulfide) groups is 1. The van der Waals surface area contributed by atoms with Crippen molar-refractivity contribution in [1.82, 2.24) is 19.9 Å². The van der Waals surface area contributed by atoms with E-state index in [4.69, 9.17) is 4.74 Å². The molecule has 3 rings (SSSR count). The average molecular weight is 331 g/mol. The first-order valence-corrected chi connectivity index (χ1v) is 9.00. The maximum atomic E-state index is 5.95. The Hall–Kier alpha value is -1.89. The fourth-order valence-electron chi connectivity index (χ4n) is 2.65. The second kappa shape index (κ2) is 7.59. The lowest BCUT2D eigenvalue weighted by Crippen LogP contribution is -2.36. The molecule has 0 atom stereocenters. The number of rotatable bonds is 5. The van der Waals surface area contributed by atoms with Crippen LogP contribution < -0.4 is 9.64 Å². The van der Waals surface area contributed by atoms with Gasteiger partial charge in [0.25, 0.3) is 0 Å². The molecule has 1 aliphatic rings. The highest BCUT2D eigenvalue weighted by atomic mass is 32.2. The van der Waals surface area contributed by atoms with Crippen LogP contribution in [0.2, 0.25) is 0 Å². The van der Waals surface area contributed by atoms with Crippen molar-refractivity contribution in [3.8, 4) is 5.88 Å². The third-order valence-electron chi connectivity index (χ3n) is 4.05. The molecule has 3 heterocycles. The van der Waals surface area contributed by atoms with Gasteiger partial charge < -0.3 is 9.64 Å². The predicted molar refractivity (Wildman–Crippen MR) is 91.0 cm³/mol. The Morgan fingerprint density at radius 2 is 2.13 bits per heavy atom. The Bertz CT molecular complexity index is 632. The molecule has 122 valence electrons. The molecule has 2 aromatic rings. The van der Waals surface area contributed by atoms with E-state index in [1.165, 1.54) is 11.8 Å². The summed E-state index contributed by atoms with van der Waals surface area (Å²) in [4.78, 5) is 19.3.